The molecule has 0 atom stereocenters. The molecule has 1 rings (SSSR count). The van der Waals surface area contributed by atoms with Crippen LogP contribution in [0.3, 0.4) is 0 Å². The molecule has 0 bridgehead atoms. The zero-order valence-electron chi connectivity index (χ0n) is 9.99. The van der Waals surface area contributed by atoms with E-state index in [9.17, 15) is 19.3 Å². The molecule has 0 unspecified atom stereocenters. The Morgan fingerprint density at radius 1 is 1.44 bits per heavy atom. The second-order valence-corrected chi connectivity index (χ2v) is 4.95. The van der Waals surface area contributed by atoms with E-state index in [1.165, 1.54) is 0 Å². The highest BCUT2D eigenvalue weighted by molar-refractivity contribution is 6.33. The van der Waals surface area contributed by atoms with Gasteiger partial charge in [0.25, 0.3) is 0 Å². The third-order valence-electron chi connectivity index (χ3n) is 1.85. The van der Waals surface area contributed by atoms with E-state index in [0.29, 0.717) is 0 Å². The number of ether oxygens (including phenoxy) is 1. The Labute approximate surface area is 108 Å². The van der Waals surface area contributed by atoms with Crippen LogP contribution in [0.4, 0.5) is 10.1 Å². The smallest absolute Gasteiger partial charge is 0.340 e. The molecule has 0 N–H and O–H groups in total. The average Bonchev–Trinajstić information content (AvgIpc) is 2.13. The van der Waals surface area contributed by atoms with Crippen molar-refractivity contribution in [2.45, 2.75) is 26.4 Å². The van der Waals surface area contributed by atoms with Gasteiger partial charge < -0.3 is 4.74 Å². The topological polar surface area (TPSA) is 69.4 Å². The molecule has 5 nitrogen and oxygen atoms in total. The third-order valence-corrected chi connectivity index (χ3v) is 2.16. The first-order valence-corrected chi connectivity index (χ1v) is 5.36. The van der Waals surface area contributed by atoms with E-state index in [1.54, 1.807) is 20.8 Å². The van der Waals surface area contributed by atoms with Gasteiger partial charge in [-0.2, -0.15) is 4.39 Å². The quantitative estimate of drug-likeness (QED) is 0.471. The number of halogens is 2. The summed E-state index contributed by atoms with van der Waals surface area (Å²) >= 11 is 5.67. The highest BCUT2D eigenvalue weighted by Crippen LogP contribution is 2.27. The molecule has 0 aliphatic carbocycles. The van der Waals surface area contributed by atoms with Gasteiger partial charge in [-0.25, -0.2) is 4.79 Å². The minimum Gasteiger partial charge on any atom is -0.456 e. The molecule has 7 heteroatoms. The first kappa shape index (κ1) is 14.4. The average molecular weight is 276 g/mol. The fourth-order valence-electron chi connectivity index (χ4n) is 1.17. The van der Waals surface area contributed by atoms with E-state index < -0.39 is 28.0 Å². The summed E-state index contributed by atoms with van der Waals surface area (Å²) in [7, 11) is 0. The standard InChI is InChI=1S/C11H11ClFNO4/c1-11(2,3)18-10(15)6-4-9(14(16)17)8(13)5-7(6)12/h4-5H,1-3H3. The van der Waals surface area contributed by atoms with Gasteiger partial charge in [-0.3, -0.25) is 10.1 Å². The summed E-state index contributed by atoms with van der Waals surface area (Å²) in [5.41, 5.74) is -1.83. The number of hydrogen-bond donors (Lipinski definition) is 0. The molecule has 18 heavy (non-hydrogen) atoms. The van der Waals surface area contributed by atoms with E-state index in [4.69, 9.17) is 16.3 Å². The summed E-state index contributed by atoms with van der Waals surface area (Å²) in [5.74, 6) is -1.94. The zero-order chi connectivity index (χ0) is 14.1. The van der Waals surface area contributed by atoms with Crippen LogP contribution in [0.5, 0.6) is 0 Å². The number of carbonyl (C=O) groups is 1. The molecule has 0 aromatic heterocycles. The van der Waals surface area contributed by atoms with Crippen molar-refractivity contribution >= 4 is 23.3 Å². The molecule has 0 fully saturated rings. The van der Waals surface area contributed by atoms with Crippen molar-refractivity contribution in [3.8, 4) is 0 Å². The molecular formula is C11H11ClFNO4. The molecule has 1 aromatic carbocycles. The van der Waals surface area contributed by atoms with E-state index in [2.05, 4.69) is 0 Å². The first-order valence-electron chi connectivity index (χ1n) is 4.98. The maximum Gasteiger partial charge on any atom is 0.340 e. The summed E-state index contributed by atoms with van der Waals surface area (Å²) in [6.45, 7) is 4.91. The van der Waals surface area contributed by atoms with E-state index >= 15 is 0 Å². The van der Waals surface area contributed by atoms with Gasteiger partial charge in [0.15, 0.2) is 0 Å². The van der Waals surface area contributed by atoms with Crippen LogP contribution in [0.25, 0.3) is 0 Å². The Kier molecular flexibility index (Phi) is 3.91. The van der Waals surface area contributed by atoms with E-state index in [1.807, 2.05) is 0 Å². The number of nitro groups is 1. The normalized spacial score (nSPS) is 11.2. The Morgan fingerprint density at radius 2 is 2.00 bits per heavy atom. The summed E-state index contributed by atoms with van der Waals surface area (Å²) in [6, 6.07) is 1.49. The number of rotatable bonds is 2. The molecule has 98 valence electrons. The van der Waals surface area contributed by atoms with Crippen LogP contribution < -0.4 is 0 Å². The Hall–Kier alpha value is -1.69. The predicted molar refractivity (Wildman–Crippen MR) is 63.2 cm³/mol. The van der Waals surface area contributed by atoms with Crippen LogP contribution >= 0.6 is 11.6 Å². The molecule has 0 radical (unpaired) electrons. The molecule has 0 saturated heterocycles. The lowest BCUT2D eigenvalue weighted by atomic mass is 10.1. The zero-order valence-corrected chi connectivity index (χ0v) is 10.7. The van der Waals surface area contributed by atoms with Gasteiger partial charge in [-0.05, 0) is 20.8 Å². The van der Waals surface area contributed by atoms with Crippen LogP contribution in [0, 0.1) is 15.9 Å². The van der Waals surface area contributed by atoms with Crippen LogP contribution in [0.2, 0.25) is 5.02 Å². The lowest BCUT2D eigenvalue weighted by Crippen LogP contribution is -2.24. The minimum absolute atomic E-state index is 0.229. The van der Waals surface area contributed by atoms with Crippen LogP contribution in [0.1, 0.15) is 31.1 Å². The monoisotopic (exact) mass is 275 g/mol. The highest BCUT2D eigenvalue weighted by Gasteiger charge is 2.25. The van der Waals surface area contributed by atoms with Gasteiger partial charge in [-0.1, -0.05) is 11.6 Å². The fraction of sp³-hybridized carbons (Fsp3) is 0.364. The fourth-order valence-corrected chi connectivity index (χ4v) is 1.39. The lowest BCUT2D eigenvalue weighted by molar-refractivity contribution is -0.387. The van der Waals surface area contributed by atoms with Crippen LogP contribution in [0.15, 0.2) is 12.1 Å². The summed E-state index contributed by atoms with van der Waals surface area (Å²) in [4.78, 5) is 21.3. The van der Waals surface area contributed by atoms with Gasteiger partial charge in [0.1, 0.15) is 5.60 Å². The number of benzene rings is 1. The predicted octanol–water partition coefficient (Wildman–Crippen LogP) is 3.34. The van der Waals surface area contributed by atoms with Crippen LogP contribution in [-0.4, -0.2) is 16.5 Å². The van der Waals surface area contributed by atoms with Gasteiger partial charge in [0.05, 0.1) is 15.5 Å². The van der Waals surface area contributed by atoms with Crippen molar-refractivity contribution < 1.29 is 18.8 Å². The molecule has 0 spiro atoms. The van der Waals surface area contributed by atoms with Crippen molar-refractivity contribution in [2.24, 2.45) is 0 Å². The summed E-state index contributed by atoms with van der Waals surface area (Å²) in [5, 5.41) is 10.3. The molecule has 0 saturated carbocycles. The molecule has 0 aliphatic rings. The van der Waals surface area contributed by atoms with Gasteiger partial charge in [0, 0.05) is 12.1 Å². The van der Waals surface area contributed by atoms with E-state index in [0.717, 1.165) is 12.1 Å². The Balaban J connectivity index is 3.21. The highest BCUT2D eigenvalue weighted by atomic mass is 35.5. The lowest BCUT2D eigenvalue weighted by Gasteiger charge is -2.19. The molecular weight excluding hydrogens is 265 g/mol. The number of nitro benzene ring substituents is 1. The second-order valence-electron chi connectivity index (χ2n) is 4.54. The Bertz CT molecular complexity index is 511. The van der Waals surface area contributed by atoms with Crippen molar-refractivity contribution in [2.75, 3.05) is 0 Å². The molecule has 0 heterocycles. The summed E-state index contributed by atoms with van der Waals surface area (Å²) < 4.78 is 18.2. The largest absolute Gasteiger partial charge is 0.456 e. The molecule has 1 aromatic rings. The van der Waals surface area contributed by atoms with Crippen molar-refractivity contribution in [1.82, 2.24) is 0 Å². The van der Waals surface area contributed by atoms with Crippen molar-refractivity contribution in [3.05, 3.63) is 38.7 Å². The van der Waals surface area contributed by atoms with Crippen LogP contribution in [-0.2, 0) is 4.74 Å². The maximum atomic E-state index is 13.2. The summed E-state index contributed by atoms with van der Waals surface area (Å²) in [6.07, 6.45) is 0. The first-order chi connectivity index (χ1) is 8.11. The number of carbonyl (C=O) groups excluding carboxylic acids is 1. The SMILES string of the molecule is CC(C)(C)OC(=O)c1cc([N+](=O)[O-])c(F)cc1Cl. The second kappa shape index (κ2) is 4.89. The number of esters is 1. The number of hydrogen-bond acceptors (Lipinski definition) is 4. The van der Waals surface area contributed by atoms with Gasteiger partial charge in [0.2, 0.25) is 5.82 Å². The number of nitrogens with zero attached hydrogens (tertiary/aromatic N) is 1. The van der Waals surface area contributed by atoms with E-state index in [-0.39, 0.29) is 10.6 Å². The molecule has 0 aliphatic heterocycles. The Morgan fingerprint density at radius 3 is 2.44 bits per heavy atom. The van der Waals surface area contributed by atoms with Crippen molar-refractivity contribution in [1.29, 1.82) is 0 Å². The maximum absolute atomic E-state index is 13.2. The van der Waals surface area contributed by atoms with Crippen molar-refractivity contribution in [3.63, 3.8) is 0 Å². The van der Waals surface area contributed by atoms with Gasteiger partial charge in [-0.15, -0.1) is 0 Å². The van der Waals surface area contributed by atoms with Gasteiger partial charge >= 0.3 is 11.7 Å². The minimum atomic E-state index is -1.10. The third kappa shape index (κ3) is 3.40. The molecule has 0 amide bonds.